The van der Waals surface area contributed by atoms with E-state index < -0.39 is 10.8 Å². The molecule has 0 radical (unpaired) electrons. The third kappa shape index (κ3) is 3.88. The smallest absolute Gasteiger partial charge is 0.288 e. The van der Waals surface area contributed by atoms with Crippen LogP contribution in [-0.2, 0) is 0 Å². The summed E-state index contributed by atoms with van der Waals surface area (Å²) in [6.45, 7) is 1.75. The average Bonchev–Trinajstić information content (AvgIpc) is 2.75. The number of hydrogen-bond donors (Lipinski definition) is 1. The second-order valence-corrected chi connectivity index (χ2v) is 7.15. The van der Waals surface area contributed by atoms with Crippen molar-refractivity contribution in [1.82, 2.24) is 9.55 Å². The van der Waals surface area contributed by atoms with Gasteiger partial charge in [-0.25, -0.2) is 4.98 Å². The van der Waals surface area contributed by atoms with Crippen LogP contribution in [0.5, 0.6) is 0 Å². The summed E-state index contributed by atoms with van der Waals surface area (Å²) in [5.74, 6) is -0.0310. The fourth-order valence-electron chi connectivity index (χ4n) is 3.25. The van der Waals surface area contributed by atoms with Crippen molar-refractivity contribution in [3.8, 4) is 5.69 Å². The van der Waals surface area contributed by atoms with Crippen molar-refractivity contribution in [3.05, 3.63) is 104 Å². The molecule has 1 amide bonds. The van der Waals surface area contributed by atoms with Crippen LogP contribution in [0.1, 0.15) is 16.2 Å². The van der Waals surface area contributed by atoms with Crippen LogP contribution in [0.15, 0.2) is 71.5 Å². The van der Waals surface area contributed by atoms with Gasteiger partial charge in [-0.2, -0.15) is 0 Å². The monoisotopic (exact) mass is 434 g/mol. The predicted molar refractivity (Wildman–Crippen MR) is 118 cm³/mol. The third-order valence-corrected chi connectivity index (χ3v) is 5.03. The molecule has 0 unspecified atom stereocenters. The van der Waals surface area contributed by atoms with Gasteiger partial charge < -0.3 is 5.32 Å². The number of nitrogens with zero attached hydrogens (tertiary/aromatic N) is 3. The third-order valence-electron chi connectivity index (χ3n) is 4.71. The number of fused-ring (bicyclic) bond motifs is 1. The van der Waals surface area contributed by atoms with Gasteiger partial charge in [0.05, 0.1) is 21.5 Å². The number of rotatable bonds is 4. The van der Waals surface area contributed by atoms with E-state index in [-0.39, 0.29) is 21.8 Å². The molecule has 4 aromatic rings. The number of benzene rings is 3. The highest BCUT2D eigenvalue weighted by molar-refractivity contribution is 6.32. The number of aryl methyl sites for hydroxylation is 1. The van der Waals surface area contributed by atoms with Gasteiger partial charge in [-0.3, -0.25) is 24.3 Å². The molecule has 0 atom stereocenters. The molecule has 0 spiro atoms. The van der Waals surface area contributed by atoms with E-state index >= 15 is 0 Å². The normalized spacial score (nSPS) is 10.8. The van der Waals surface area contributed by atoms with Crippen molar-refractivity contribution < 1.29 is 9.72 Å². The number of nitro benzene ring substituents is 1. The molecule has 0 aliphatic rings. The molecule has 4 rings (SSSR count). The van der Waals surface area contributed by atoms with Gasteiger partial charge in [0.1, 0.15) is 10.8 Å². The van der Waals surface area contributed by atoms with Crippen molar-refractivity contribution in [1.29, 1.82) is 0 Å². The molecule has 31 heavy (non-hydrogen) atoms. The Morgan fingerprint density at radius 1 is 1.10 bits per heavy atom. The van der Waals surface area contributed by atoms with E-state index in [9.17, 15) is 19.7 Å². The quantitative estimate of drug-likeness (QED) is 0.375. The number of nitrogens with one attached hydrogen (secondary N) is 1. The highest BCUT2D eigenvalue weighted by Gasteiger charge is 2.17. The van der Waals surface area contributed by atoms with Gasteiger partial charge >= 0.3 is 0 Å². The first kappa shape index (κ1) is 20.2. The lowest BCUT2D eigenvalue weighted by molar-refractivity contribution is -0.384. The highest BCUT2D eigenvalue weighted by atomic mass is 35.5. The predicted octanol–water partition coefficient (Wildman–Crippen LogP) is 4.51. The standard InChI is InChI=1S/C22H15ClN4O4/c1-13-24-19-10-8-15(12-17(19)22(29)26(13)16-5-3-2-4-6-16)25-21(28)14-7-9-18(23)20(11-14)27(30)31/h2-12H,1H3,(H,25,28). The summed E-state index contributed by atoms with van der Waals surface area (Å²) >= 11 is 5.80. The molecule has 8 nitrogen and oxygen atoms in total. The van der Waals surface area contributed by atoms with E-state index in [2.05, 4.69) is 10.3 Å². The van der Waals surface area contributed by atoms with Gasteiger partial charge in [-0.15, -0.1) is 0 Å². The van der Waals surface area contributed by atoms with Crippen LogP contribution < -0.4 is 10.9 Å². The molecular weight excluding hydrogens is 420 g/mol. The molecule has 1 heterocycles. The molecule has 0 fully saturated rings. The van der Waals surface area contributed by atoms with Crippen molar-refractivity contribution in [2.24, 2.45) is 0 Å². The zero-order valence-corrected chi connectivity index (χ0v) is 17.0. The zero-order valence-electron chi connectivity index (χ0n) is 16.2. The number of carbonyl (C=O) groups excluding carboxylic acids is 1. The summed E-state index contributed by atoms with van der Waals surface area (Å²) in [5, 5.41) is 14.0. The zero-order chi connectivity index (χ0) is 22.1. The average molecular weight is 435 g/mol. The maximum absolute atomic E-state index is 13.1. The molecule has 0 saturated heterocycles. The number of nitro groups is 1. The Labute approximate surface area is 180 Å². The number of carbonyl (C=O) groups is 1. The van der Waals surface area contributed by atoms with E-state index in [4.69, 9.17) is 11.6 Å². The van der Waals surface area contributed by atoms with Crippen molar-refractivity contribution >= 4 is 39.8 Å². The van der Waals surface area contributed by atoms with E-state index in [1.807, 2.05) is 18.2 Å². The van der Waals surface area contributed by atoms with Gasteiger partial charge in [0.15, 0.2) is 0 Å². The Bertz CT molecular complexity index is 1400. The van der Waals surface area contributed by atoms with Crippen LogP contribution in [0.3, 0.4) is 0 Å². The minimum atomic E-state index is -0.658. The minimum absolute atomic E-state index is 0.0600. The number of hydrogen-bond acceptors (Lipinski definition) is 5. The first-order valence-electron chi connectivity index (χ1n) is 9.19. The minimum Gasteiger partial charge on any atom is -0.322 e. The van der Waals surface area contributed by atoms with E-state index in [0.717, 1.165) is 6.07 Å². The molecule has 1 aromatic heterocycles. The van der Waals surface area contributed by atoms with E-state index in [1.54, 1.807) is 31.2 Å². The molecular formula is C22H15ClN4O4. The van der Waals surface area contributed by atoms with E-state index in [0.29, 0.717) is 28.1 Å². The summed E-state index contributed by atoms with van der Waals surface area (Å²) < 4.78 is 1.50. The second-order valence-electron chi connectivity index (χ2n) is 6.74. The molecule has 154 valence electrons. The largest absolute Gasteiger partial charge is 0.322 e. The van der Waals surface area contributed by atoms with Gasteiger partial charge in [0, 0.05) is 17.3 Å². The van der Waals surface area contributed by atoms with Crippen LogP contribution in [-0.4, -0.2) is 20.4 Å². The number of halogens is 1. The van der Waals surface area contributed by atoms with Crippen molar-refractivity contribution in [3.63, 3.8) is 0 Å². The van der Waals surface area contributed by atoms with Crippen molar-refractivity contribution in [2.45, 2.75) is 6.92 Å². The molecule has 9 heteroatoms. The molecule has 0 aliphatic carbocycles. The van der Waals surface area contributed by atoms with Crippen molar-refractivity contribution in [2.75, 3.05) is 5.32 Å². The fraction of sp³-hybridized carbons (Fsp3) is 0.0455. The van der Waals surface area contributed by atoms with Gasteiger partial charge in [-0.05, 0) is 49.4 Å². The Hall–Kier alpha value is -4.04. The lowest BCUT2D eigenvalue weighted by Gasteiger charge is -2.12. The fourth-order valence-corrected chi connectivity index (χ4v) is 3.44. The summed E-state index contributed by atoms with van der Waals surface area (Å²) in [6, 6.07) is 17.7. The first-order valence-corrected chi connectivity index (χ1v) is 9.57. The molecule has 1 N–H and O–H groups in total. The lowest BCUT2D eigenvalue weighted by Crippen LogP contribution is -2.22. The number of amides is 1. The topological polar surface area (TPSA) is 107 Å². The molecule has 0 bridgehead atoms. The number of aromatic nitrogens is 2. The number of anilines is 1. The first-order chi connectivity index (χ1) is 14.8. The Morgan fingerprint density at radius 3 is 2.55 bits per heavy atom. The Balaban J connectivity index is 1.73. The second kappa shape index (κ2) is 8.00. The van der Waals surface area contributed by atoms with E-state index in [1.165, 1.54) is 22.8 Å². The van der Waals surface area contributed by atoms with Crippen LogP contribution in [0.2, 0.25) is 5.02 Å². The Kier molecular flexibility index (Phi) is 5.22. The summed E-state index contributed by atoms with van der Waals surface area (Å²) in [6.07, 6.45) is 0. The summed E-state index contributed by atoms with van der Waals surface area (Å²) in [5.41, 5.74) is 0.972. The maximum Gasteiger partial charge on any atom is 0.288 e. The number of para-hydroxylation sites is 1. The van der Waals surface area contributed by atoms with Crippen LogP contribution in [0, 0.1) is 17.0 Å². The SMILES string of the molecule is Cc1nc2ccc(NC(=O)c3ccc(Cl)c([N+](=O)[O-])c3)cc2c(=O)n1-c1ccccc1. The summed E-state index contributed by atoms with van der Waals surface area (Å²) in [4.78, 5) is 40.6. The highest BCUT2D eigenvalue weighted by Crippen LogP contribution is 2.26. The summed E-state index contributed by atoms with van der Waals surface area (Å²) in [7, 11) is 0. The van der Waals surface area contributed by atoms with Gasteiger partial charge in [0.2, 0.25) is 0 Å². The molecule has 0 saturated carbocycles. The van der Waals surface area contributed by atoms with Gasteiger partial charge in [-0.1, -0.05) is 29.8 Å². The lowest BCUT2D eigenvalue weighted by atomic mass is 10.1. The molecule has 0 aliphatic heterocycles. The van der Waals surface area contributed by atoms with Crippen LogP contribution in [0.25, 0.3) is 16.6 Å². The Morgan fingerprint density at radius 2 is 1.84 bits per heavy atom. The van der Waals surface area contributed by atoms with Crippen LogP contribution in [0.4, 0.5) is 11.4 Å². The van der Waals surface area contributed by atoms with Crippen LogP contribution >= 0.6 is 11.6 Å². The maximum atomic E-state index is 13.1. The van der Waals surface area contributed by atoms with Gasteiger partial charge in [0.25, 0.3) is 17.2 Å². The molecule has 3 aromatic carbocycles.